The minimum atomic E-state index is 0.0517. The Morgan fingerprint density at radius 2 is 2.10 bits per heavy atom. The molecule has 2 heterocycles. The molecule has 4 heteroatoms. The van der Waals surface area contributed by atoms with Gasteiger partial charge in [-0.05, 0) is 42.8 Å². The van der Waals surface area contributed by atoms with Gasteiger partial charge in [0.15, 0.2) is 0 Å². The monoisotopic (exact) mass is 294 g/mol. The Labute approximate surface area is 126 Å². The fourth-order valence-corrected chi connectivity index (χ4v) is 3.56. The van der Waals surface area contributed by atoms with Gasteiger partial charge in [0.05, 0.1) is 6.04 Å². The molecule has 1 amide bonds. The minimum absolute atomic E-state index is 0.0517. The highest BCUT2D eigenvalue weighted by molar-refractivity contribution is 7.10. The molecular weight excluding hydrogens is 268 g/mol. The molecule has 0 saturated carbocycles. The van der Waals surface area contributed by atoms with Crippen LogP contribution in [0.2, 0.25) is 0 Å². The van der Waals surface area contributed by atoms with E-state index in [4.69, 9.17) is 0 Å². The van der Waals surface area contributed by atoms with Gasteiger partial charge in [-0.3, -0.25) is 9.69 Å². The molecule has 1 aliphatic heterocycles. The molecule has 20 heavy (non-hydrogen) atoms. The molecule has 0 spiro atoms. The summed E-state index contributed by atoms with van der Waals surface area (Å²) in [6.45, 7) is 9.34. The van der Waals surface area contributed by atoms with Crippen molar-refractivity contribution in [2.45, 2.75) is 46.1 Å². The molecular formula is C16H26N2OS. The second-order valence-corrected chi connectivity index (χ2v) is 7.80. The molecule has 1 saturated heterocycles. The average Bonchev–Trinajstić information content (AvgIpc) is 2.98. The Balaban J connectivity index is 1.93. The fourth-order valence-electron chi connectivity index (χ4n) is 2.70. The summed E-state index contributed by atoms with van der Waals surface area (Å²) in [6.07, 6.45) is 3.14. The molecule has 0 aliphatic carbocycles. The Morgan fingerprint density at radius 3 is 2.65 bits per heavy atom. The number of amides is 1. The van der Waals surface area contributed by atoms with E-state index in [0.29, 0.717) is 12.5 Å². The fraction of sp³-hybridized carbons (Fsp3) is 0.688. The van der Waals surface area contributed by atoms with Gasteiger partial charge in [-0.15, -0.1) is 11.3 Å². The van der Waals surface area contributed by atoms with Crippen LogP contribution in [0.25, 0.3) is 0 Å². The number of rotatable bonds is 5. The van der Waals surface area contributed by atoms with Crippen molar-refractivity contribution in [3.8, 4) is 0 Å². The predicted molar refractivity (Wildman–Crippen MR) is 84.9 cm³/mol. The van der Waals surface area contributed by atoms with E-state index in [1.165, 1.54) is 17.7 Å². The zero-order valence-electron chi connectivity index (χ0n) is 12.8. The molecule has 0 bridgehead atoms. The minimum Gasteiger partial charge on any atom is -0.354 e. The van der Waals surface area contributed by atoms with E-state index in [1.54, 1.807) is 11.3 Å². The molecule has 1 fully saturated rings. The van der Waals surface area contributed by atoms with Crippen LogP contribution in [0.3, 0.4) is 0 Å². The molecule has 0 radical (unpaired) electrons. The predicted octanol–water partition coefficient (Wildman–Crippen LogP) is 3.44. The summed E-state index contributed by atoms with van der Waals surface area (Å²) < 4.78 is 0. The van der Waals surface area contributed by atoms with Crippen LogP contribution in [0.5, 0.6) is 0 Å². The molecule has 1 atom stereocenters. The topological polar surface area (TPSA) is 32.3 Å². The SMILES string of the molecule is CC(C)(C)CC(=O)NCC(c1cccs1)N1CCCC1. The van der Waals surface area contributed by atoms with E-state index in [0.717, 1.165) is 19.6 Å². The molecule has 1 aromatic rings. The third-order valence-electron chi connectivity index (χ3n) is 3.64. The molecule has 1 unspecified atom stereocenters. The zero-order valence-corrected chi connectivity index (χ0v) is 13.6. The molecule has 3 nitrogen and oxygen atoms in total. The molecule has 1 aromatic heterocycles. The summed E-state index contributed by atoms with van der Waals surface area (Å²) in [4.78, 5) is 15.9. The summed E-state index contributed by atoms with van der Waals surface area (Å²) in [6, 6.07) is 4.63. The van der Waals surface area contributed by atoms with Gasteiger partial charge in [0.2, 0.25) is 5.91 Å². The second-order valence-electron chi connectivity index (χ2n) is 6.82. The first-order chi connectivity index (χ1) is 9.46. The van der Waals surface area contributed by atoms with Gasteiger partial charge in [-0.25, -0.2) is 0 Å². The molecule has 0 aromatic carbocycles. The third-order valence-corrected chi connectivity index (χ3v) is 4.61. The van der Waals surface area contributed by atoms with E-state index < -0.39 is 0 Å². The van der Waals surface area contributed by atoms with Crippen molar-refractivity contribution >= 4 is 17.2 Å². The number of nitrogens with one attached hydrogen (secondary N) is 1. The number of likely N-dealkylation sites (tertiary alicyclic amines) is 1. The first-order valence-electron chi connectivity index (χ1n) is 7.50. The third kappa shape index (κ3) is 4.60. The van der Waals surface area contributed by atoms with Crippen molar-refractivity contribution in [2.24, 2.45) is 5.41 Å². The van der Waals surface area contributed by atoms with Crippen molar-refractivity contribution in [1.82, 2.24) is 10.2 Å². The first-order valence-corrected chi connectivity index (χ1v) is 8.38. The summed E-state index contributed by atoms with van der Waals surface area (Å²) in [5.41, 5.74) is 0.0517. The lowest BCUT2D eigenvalue weighted by atomic mass is 9.92. The maximum atomic E-state index is 12.0. The highest BCUT2D eigenvalue weighted by Gasteiger charge is 2.25. The number of thiophene rings is 1. The number of nitrogens with zero attached hydrogens (tertiary/aromatic N) is 1. The summed E-state index contributed by atoms with van der Waals surface area (Å²) in [7, 11) is 0. The standard InChI is InChI=1S/C16H26N2OS/c1-16(2,3)11-15(19)17-12-13(14-7-6-10-20-14)18-8-4-5-9-18/h6-7,10,13H,4-5,8-9,11-12H2,1-3H3,(H,17,19). The van der Waals surface area contributed by atoms with Gasteiger partial charge >= 0.3 is 0 Å². The summed E-state index contributed by atoms with van der Waals surface area (Å²) >= 11 is 1.79. The van der Waals surface area contributed by atoms with Gasteiger partial charge < -0.3 is 5.32 Å². The molecule has 1 aliphatic rings. The zero-order chi connectivity index (χ0) is 14.6. The van der Waals surface area contributed by atoms with Gasteiger partial charge in [0, 0.05) is 17.8 Å². The largest absolute Gasteiger partial charge is 0.354 e. The lowest BCUT2D eigenvalue weighted by Gasteiger charge is -2.27. The van der Waals surface area contributed by atoms with Crippen LogP contribution in [0.1, 0.15) is 51.0 Å². The van der Waals surface area contributed by atoms with Crippen molar-refractivity contribution in [1.29, 1.82) is 0 Å². The average molecular weight is 294 g/mol. The Bertz CT molecular complexity index is 416. The summed E-state index contributed by atoms with van der Waals surface area (Å²) in [5, 5.41) is 5.25. The highest BCUT2D eigenvalue weighted by atomic mass is 32.1. The molecule has 2 rings (SSSR count). The van der Waals surface area contributed by atoms with E-state index >= 15 is 0 Å². The number of carbonyl (C=O) groups is 1. The van der Waals surface area contributed by atoms with Crippen molar-refractivity contribution in [2.75, 3.05) is 19.6 Å². The van der Waals surface area contributed by atoms with Crippen LogP contribution in [0.15, 0.2) is 17.5 Å². The van der Waals surface area contributed by atoms with Crippen molar-refractivity contribution in [3.05, 3.63) is 22.4 Å². The number of hydrogen-bond donors (Lipinski definition) is 1. The van der Waals surface area contributed by atoms with E-state index in [9.17, 15) is 4.79 Å². The quantitative estimate of drug-likeness (QED) is 0.902. The van der Waals surface area contributed by atoms with E-state index in [1.807, 2.05) is 0 Å². The van der Waals surface area contributed by atoms with Crippen LogP contribution in [-0.2, 0) is 4.79 Å². The van der Waals surface area contributed by atoms with E-state index in [2.05, 4.69) is 48.5 Å². The molecule has 112 valence electrons. The number of carbonyl (C=O) groups excluding carboxylic acids is 1. The Morgan fingerprint density at radius 1 is 1.40 bits per heavy atom. The lowest BCUT2D eigenvalue weighted by Crippen LogP contribution is -2.37. The van der Waals surface area contributed by atoms with Gasteiger partial charge in [0.25, 0.3) is 0 Å². The van der Waals surface area contributed by atoms with Gasteiger partial charge in [-0.2, -0.15) is 0 Å². The number of hydrogen-bond acceptors (Lipinski definition) is 3. The second kappa shape index (κ2) is 6.72. The smallest absolute Gasteiger partial charge is 0.220 e. The van der Waals surface area contributed by atoms with Gasteiger partial charge in [-0.1, -0.05) is 26.8 Å². The van der Waals surface area contributed by atoms with Crippen LogP contribution in [0.4, 0.5) is 0 Å². The maximum absolute atomic E-state index is 12.0. The molecule has 1 N–H and O–H groups in total. The Hall–Kier alpha value is -0.870. The van der Waals surface area contributed by atoms with Crippen LogP contribution < -0.4 is 5.32 Å². The van der Waals surface area contributed by atoms with Crippen molar-refractivity contribution < 1.29 is 4.79 Å². The first kappa shape index (κ1) is 15.5. The van der Waals surface area contributed by atoms with Crippen LogP contribution >= 0.6 is 11.3 Å². The highest BCUT2D eigenvalue weighted by Crippen LogP contribution is 2.28. The van der Waals surface area contributed by atoms with Crippen LogP contribution in [-0.4, -0.2) is 30.4 Å². The van der Waals surface area contributed by atoms with Gasteiger partial charge in [0.1, 0.15) is 0 Å². The normalized spacial score (nSPS) is 18.1. The maximum Gasteiger partial charge on any atom is 0.220 e. The van der Waals surface area contributed by atoms with Crippen LogP contribution in [0, 0.1) is 5.41 Å². The van der Waals surface area contributed by atoms with Crippen molar-refractivity contribution in [3.63, 3.8) is 0 Å². The summed E-state index contributed by atoms with van der Waals surface area (Å²) in [5.74, 6) is 0.165. The Kier molecular flexibility index (Phi) is 5.22. The van der Waals surface area contributed by atoms with E-state index in [-0.39, 0.29) is 11.3 Å². The lowest BCUT2D eigenvalue weighted by molar-refractivity contribution is -0.123.